The van der Waals surface area contributed by atoms with Gasteiger partial charge in [0.15, 0.2) is 11.3 Å². The smallest absolute Gasteiger partial charge is 0.418 e. The van der Waals surface area contributed by atoms with Crippen molar-refractivity contribution < 1.29 is 30.7 Å². The lowest BCUT2D eigenvalue weighted by Crippen LogP contribution is -2.24. The number of alkyl halides is 3. The number of ether oxygens (including phenoxy) is 1. The van der Waals surface area contributed by atoms with Crippen LogP contribution in [-0.2, 0) is 16.9 Å². The van der Waals surface area contributed by atoms with Gasteiger partial charge in [-0.3, -0.25) is 0 Å². The molecule has 5 rings (SSSR count). The molecule has 3 heterocycles. The fourth-order valence-electron chi connectivity index (χ4n) is 3.94. The highest BCUT2D eigenvalue weighted by Crippen LogP contribution is 2.36. The van der Waals surface area contributed by atoms with E-state index in [4.69, 9.17) is 10.2 Å². The molecule has 5 aromatic rings. The van der Waals surface area contributed by atoms with Gasteiger partial charge in [-0.2, -0.15) is 4.98 Å². The number of anilines is 1. The summed E-state index contributed by atoms with van der Waals surface area (Å²) in [5.74, 6) is -0.231. The quantitative estimate of drug-likeness (QED) is 0.330. The molecule has 0 radical (unpaired) electrons. The number of imidazole rings is 1. The van der Waals surface area contributed by atoms with E-state index in [1.165, 1.54) is 24.3 Å². The van der Waals surface area contributed by atoms with Crippen molar-refractivity contribution in [2.24, 2.45) is 12.8 Å². The minimum absolute atomic E-state index is 0.108. The topological polar surface area (TPSA) is 138 Å². The maximum atomic E-state index is 13.2. The molecule has 0 spiro atoms. The predicted octanol–water partition coefficient (Wildman–Crippen LogP) is 4.15. The van der Waals surface area contributed by atoms with Gasteiger partial charge in [0.05, 0.1) is 6.33 Å². The number of rotatable bonds is 6. The lowest BCUT2D eigenvalue weighted by Gasteiger charge is -2.17. The van der Waals surface area contributed by atoms with E-state index in [-0.39, 0.29) is 17.2 Å². The molecular formula is C23H19F3N6O4S. The number of halogens is 3. The Balaban J connectivity index is 1.56. The number of fused-ring (bicyclic) bond motifs is 3. The maximum Gasteiger partial charge on any atom is 0.573 e. The van der Waals surface area contributed by atoms with E-state index < -0.39 is 32.2 Å². The number of hydrogen-bond donors (Lipinski definition) is 2. The molecule has 1 atom stereocenters. The van der Waals surface area contributed by atoms with Crippen LogP contribution in [-0.4, -0.2) is 41.3 Å². The monoisotopic (exact) mass is 532 g/mol. The Morgan fingerprint density at radius 3 is 2.59 bits per heavy atom. The van der Waals surface area contributed by atoms with Gasteiger partial charge in [0.2, 0.25) is 15.7 Å². The third-order valence-electron chi connectivity index (χ3n) is 5.62. The van der Waals surface area contributed by atoms with Gasteiger partial charge in [-0.25, -0.2) is 18.4 Å². The zero-order valence-electron chi connectivity index (χ0n) is 19.3. The summed E-state index contributed by atoms with van der Waals surface area (Å²) >= 11 is 0. The van der Waals surface area contributed by atoms with Crippen LogP contribution in [0.25, 0.3) is 33.7 Å². The molecule has 0 saturated carbocycles. The molecule has 2 aromatic carbocycles. The second kappa shape index (κ2) is 8.74. The summed E-state index contributed by atoms with van der Waals surface area (Å²) in [7, 11) is -0.989. The van der Waals surface area contributed by atoms with Crippen molar-refractivity contribution >= 4 is 37.9 Å². The number of nitrogens with zero attached hydrogens (tertiary/aromatic N) is 4. The molecule has 3 N–H and O–H groups in total. The number of pyridine rings is 1. The number of oxazole rings is 1. The molecule has 0 fully saturated rings. The van der Waals surface area contributed by atoms with Gasteiger partial charge in [0.25, 0.3) is 5.71 Å². The van der Waals surface area contributed by atoms with Crippen molar-refractivity contribution in [1.29, 1.82) is 0 Å². The van der Waals surface area contributed by atoms with Crippen molar-refractivity contribution in [3.8, 4) is 17.2 Å². The number of nitrogens with two attached hydrogens (primary N) is 1. The van der Waals surface area contributed by atoms with E-state index in [1.807, 2.05) is 0 Å². The molecule has 192 valence electrons. The van der Waals surface area contributed by atoms with E-state index in [9.17, 15) is 21.6 Å². The van der Waals surface area contributed by atoms with Crippen LogP contribution in [0.5, 0.6) is 5.75 Å². The number of aryl methyl sites for hydroxylation is 1. The second-order valence-corrected chi connectivity index (χ2v) is 10.1. The number of nitrogens with one attached hydrogen (secondary N) is 1. The van der Waals surface area contributed by atoms with Crippen molar-refractivity contribution in [3.63, 3.8) is 0 Å². The van der Waals surface area contributed by atoms with Crippen LogP contribution in [0, 0.1) is 0 Å². The Hall–Kier alpha value is -4.17. The fraction of sp³-hybridized carbons (Fsp3) is 0.174. The summed E-state index contributed by atoms with van der Waals surface area (Å²) in [6.45, 7) is 0. The summed E-state index contributed by atoms with van der Waals surface area (Å²) in [5.41, 5.74) is 8.53. The summed E-state index contributed by atoms with van der Waals surface area (Å²) in [6, 6.07) is 10.5. The van der Waals surface area contributed by atoms with Crippen molar-refractivity contribution in [2.45, 2.75) is 16.6 Å². The molecule has 0 saturated heterocycles. The maximum absolute atomic E-state index is 13.2. The Bertz CT molecular complexity index is 1750. The predicted molar refractivity (Wildman–Crippen MR) is 128 cm³/mol. The van der Waals surface area contributed by atoms with Crippen molar-refractivity contribution in [1.82, 2.24) is 19.5 Å². The SMILES string of the molecule is CNc1nc2oc(-c3cccc(C(N)S(=O)(=O)c4ccccc4OC(F)(F)F)c3)nc2c2c1ncn2C. The molecule has 0 amide bonds. The van der Waals surface area contributed by atoms with Crippen LogP contribution in [0.4, 0.5) is 19.0 Å². The zero-order valence-corrected chi connectivity index (χ0v) is 20.1. The van der Waals surface area contributed by atoms with Gasteiger partial charge in [-0.1, -0.05) is 24.3 Å². The third kappa shape index (κ3) is 4.34. The molecule has 0 aliphatic rings. The van der Waals surface area contributed by atoms with Crippen LogP contribution < -0.4 is 15.8 Å². The molecule has 0 bridgehead atoms. The summed E-state index contributed by atoms with van der Waals surface area (Å²) in [5, 5.41) is 1.26. The Kier molecular flexibility index (Phi) is 5.79. The van der Waals surface area contributed by atoms with Gasteiger partial charge >= 0.3 is 6.36 Å². The van der Waals surface area contributed by atoms with Gasteiger partial charge < -0.3 is 24.8 Å². The second-order valence-electron chi connectivity index (χ2n) is 8.02. The van der Waals surface area contributed by atoms with E-state index in [0.29, 0.717) is 27.9 Å². The standard InChI is InChI=1S/C23H19F3N6O4S/c1-28-20-16-18(32(2)11-29-16)17-22(31-20)35-21(30-17)13-7-5-6-12(10-13)19(27)37(33,34)15-9-4-3-8-14(15)36-23(24,25)26/h3-11,19H,27H2,1-2H3,(H,28,31). The average molecular weight is 533 g/mol. The van der Waals surface area contributed by atoms with E-state index in [0.717, 1.165) is 12.1 Å². The van der Waals surface area contributed by atoms with Gasteiger partial charge in [0, 0.05) is 19.7 Å². The van der Waals surface area contributed by atoms with Crippen LogP contribution in [0.1, 0.15) is 10.9 Å². The first kappa shape index (κ1) is 24.5. The molecule has 3 aromatic heterocycles. The number of hydrogen-bond acceptors (Lipinski definition) is 9. The molecule has 10 nitrogen and oxygen atoms in total. The van der Waals surface area contributed by atoms with Crippen LogP contribution in [0.15, 0.2) is 64.2 Å². The number of para-hydroxylation sites is 1. The fourth-order valence-corrected chi connectivity index (χ4v) is 5.37. The van der Waals surface area contributed by atoms with Crippen molar-refractivity contribution in [3.05, 3.63) is 60.4 Å². The molecule has 14 heteroatoms. The average Bonchev–Trinajstić information content (AvgIpc) is 3.46. The van der Waals surface area contributed by atoms with Gasteiger partial charge in [-0.05, 0) is 29.8 Å². The zero-order chi connectivity index (χ0) is 26.5. The van der Waals surface area contributed by atoms with E-state index >= 15 is 0 Å². The van der Waals surface area contributed by atoms with Crippen LogP contribution in [0.3, 0.4) is 0 Å². The highest BCUT2D eigenvalue weighted by atomic mass is 32.2. The summed E-state index contributed by atoms with van der Waals surface area (Å²) < 4.78 is 76.5. The molecular weight excluding hydrogens is 513 g/mol. The highest BCUT2D eigenvalue weighted by Gasteiger charge is 2.36. The lowest BCUT2D eigenvalue weighted by atomic mass is 10.1. The lowest BCUT2D eigenvalue weighted by molar-refractivity contribution is -0.275. The molecule has 0 aliphatic heterocycles. The van der Waals surface area contributed by atoms with E-state index in [1.54, 1.807) is 37.1 Å². The van der Waals surface area contributed by atoms with Gasteiger partial charge in [-0.15, -0.1) is 13.2 Å². The molecule has 1 unspecified atom stereocenters. The Morgan fingerprint density at radius 1 is 1.11 bits per heavy atom. The number of benzene rings is 2. The highest BCUT2D eigenvalue weighted by molar-refractivity contribution is 7.91. The Morgan fingerprint density at radius 2 is 1.86 bits per heavy atom. The van der Waals surface area contributed by atoms with Crippen LogP contribution >= 0.6 is 0 Å². The first-order chi connectivity index (χ1) is 17.5. The van der Waals surface area contributed by atoms with Crippen LogP contribution in [0.2, 0.25) is 0 Å². The Labute approximate surface area is 207 Å². The normalized spacial score (nSPS) is 13.2. The molecule has 0 aliphatic carbocycles. The van der Waals surface area contributed by atoms with E-state index in [2.05, 4.69) is 25.0 Å². The first-order valence-electron chi connectivity index (χ1n) is 10.7. The number of aromatic nitrogens is 4. The number of sulfone groups is 1. The largest absolute Gasteiger partial charge is 0.573 e. The third-order valence-corrected chi connectivity index (χ3v) is 7.51. The minimum Gasteiger partial charge on any atom is -0.418 e. The summed E-state index contributed by atoms with van der Waals surface area (Å²) in [4.78, 5) is 12.6. The minimum atomic E-state index is -5.08. The molecule has 37 heavy (non-hydrogen) atoms. The van der Waals surface area contributed by atoms with Crippen molar-refractivity contribution in [2.75, 3.05) is 12.4 Å². The van der Waals surface area contributed by atoms with Gasteiger partial charge in [0.1, 0.15) is 27.1 Å². The summed E-state index contributed by atoms with van der Waals surface area (Å²) in [6.07, 6.45) is -3.46. The first-order valence-corrected chi connectivity index (χ1v) is 12.3.